The van der Waals surface area contributed by atoms with Crippen molar-refractivity contribution in [1.29, 1.82) is 0 Å². The van der Waals surface area contributed by atoms with Gasteiger partial charge in [-0.3, -0.25) is 4.79 Å². The second kappa shape index (κ2) is 7.26. The second-order valence-corrected chi connectivity index (χ2v) is 8.76. The Morgan fingerprint density at radius 2 is 2.24 bits per heavy atom. The fourth-order valence-electron chi connectivity index (χ4n) is 3.24. The molecule has 3 rings (SSSR count). The van der Waals surface area contributed by atoms with E-state index in [0.717, 1.165) is 41.9 Å². The molecule has 0 bridgehead atoms. The number of nitrogens with one attached hydrogen (secondary N) is 1. The Bertz CT molecular complexity index is 761. The van der Waals surface area contributed by atoms with Crippen molar-refractivity contribution in [3.05, 3.63) is 51.0 Å². The first-order chi connectivity index (χ1) is 11.8. The lowest BCUT2D eigenvalue weighted by molar-refractivity contribution is 0.0714. The van der Waals surface area contributed by atoms with Gasteiger partial charge in [-0.15, -0.1) is 11.3 Å². The minimum atomic E-state index is -0.695. The Morgan fingerprint density at radius 3 is 3.00 bits per heavy atom. The number of rotatable bonds is 5. The molecule has 1 heterocycles. The largest absolute Gasteiger partial charge is 0.390 e. The molecule has 0 radical (unpaired) electrons. The van der Waals surface area contributed by atoms with Crippen LogP contribution < -0.4 is 5.32 Å². The maximum Gasteiger partial charge on any atom is 0.251 e. The molecular weight excluding hydrogens is 332 g/mol. The van der Waals surface area contributed by atoms with E-state index in [1.54, 1.807) is 25.2 Å². The van der Waals surface area contributed by atoms with Crippen LogP contribution >= 0.6 is 11.3 Å². The first-order valence-corrected chi connectivity index (χ1v) is 9.72. The van der Waals surface area contributed by atoms with Gasteiger partial charge in [-0.25, -0.2) is 4.98 Å². The standard InChI is InChI=1S/C20H26N2O2S/c1-13-21-18-16(8-5-9-17(18)25-13)22-19(23)15-7-4-6-14(12-15)10-11-20(2,3)24/h4,6-7,12,16,24H,5,8-11H2,1-3H3,(H,22,23). The van der Waals surface area contributed by atoms with E-state index >= 15 is 0 Å². The summed E-state index contributed by atoms with van der Waals surface area (Å²) in [6, 6.07) is 7.70. The van der Waals surface area contributed by atoms with E-state index in [9.17, 15) is 9.90 Å². The fourth-order valence-corrected chi connectivity index (χ4v) is 4.28. The number of aryl methyl sites for hydroxylation is 3. The van der Waals surface area contributed by atoms with E-state index < -0.39 is 5.60 Å². The van der Waals surface area contributed by atoms with Gasteiger partial charge in [0.05, 0.1) is 22.3 Å². The molecule has 5 heteroatoms. The monoisotopic (exact) mass is 358 g/mol. The second-order valence-electron chi connectivity index (χ2n) is 7.47. The molecule has 4 nitrogen and oxygen atoms in total. The van der Waals surface area contributed by atoms with Crippen molar-refractivity contribution in [2.45, 2.75) is 64.5 Å². The van der Waals surface area contributed by atoms with E-state index in [1.165, 1.54) is 4.88 Å². The maximum atomic E-state index is 12.7. The highest BCUT2D eigenvalue weighted by molar-refractivity contribution is 7.11. The summed E-state index contributed by atoms with van der Waals surface area (Å²) in [4.78, 5) is 18.6. The van der Waals surface area contributed by atoms with Gasteiger partial charge in [-0.05, 0) is 70.6 Å². The SMILES string of the molecule is Cc1nc2c(s1)CCCC2NC(=O)c1cccc(CCC(C)(C)O)c1. The van der Waals surface area contributed by atoms with Gasteiger partial charge >= 0.3 is 0 Å². The predicted octanol–water partition coefficient (Wildman–Crippen LogP) is 3.96. The van der Waals surface area contributed by atoms with E-state index in [4.69, 9.17) is 0 Å². The van der Waals surface area contributed by atoms with E-state index in [-0.39, 0.29) is 11.9 Å². The molecule has 0 saturated heterocycles. The number of aliphatic hydroxyl groups is 1. The molecule has 2 aromatic rings. The zero-order chi connectivity index (χ0) is 18.0. The molecule has 0 spiro atoms. The molecule has 1 aliphatic carbocycles. The summed E-state index contributed by atoms with van der Waals surface area (Å²) >= 11 is 1.74. The third kappa shape index (κ3) is 4.67. The lowest BCUT2D eigenvalue weighted by Crippen LogP contribution is -2.31. The summed E-state index contributed by atoms with van der Waals surface area (Å²) in [5, 5.41) is 14.1. The molecule has 134 valence electrons. The quantitative estimate of drug-likeness (QED) is 0.850. The summed E-state index contributed by atoms with van der Waals surface area (Å²) in [6.07, 6.45) is 4.52. The topological polar surface area (TPSA) is 62.2 Å². The molecule has 1 atom stereocenters. The number of hydrogen-bond acceptors (Lipinski definition) is 4. The van der Waals surface area contributed by atoms with Crippen molar-refractivity contribution < 1.29 is 9.90 Å². The van der Waals surface area contributed by atoms with Gasteiger partial charge in [0.2, 0.25) is 0 Å². The molecule has 1 amide bonds. The normalized spacial score (nSPS) is 17.2. The Morgan fingerprint density at radius 1 is 1.44 bits per heavy atom. The highest BCUT2D eigenvalue weighted by Crippen LogP contribution is 2.33. The Hall–Kier alpha value is -1.72. The van der Waals surface area contributed by atoms with E-state index in [2.05, 4.69) is 10.3 Å². The summed E-state index contributed by atoms with van der Waals surface area (Å²) in [5.41, 5.74) is 2.11. The molecule has 0 saturated carbocycles. The zero-order valence-electron chi connectivity index (χ0n) is 15.1. The highest BCUT2D eigenvalue weighted by atomic mass is 32.1. The summed E-state index contributed by atoms with van der Waals surface area (Å²) < 4.78 is 0. The number of aromatic nitrogens is 1. The lowest BCUT2D eigenvalue weighted by atomic mass is 9.96. The molecule has 0 aliphatic heterocycles. The summed E-state index contributed by atoms with van der Waals surface area (Å²) in [7, 11) is 0. The van der Waals surface area contributed by atoms with Gasteiger partial charge in [-0.1, -0.05) is 12.1 Å². The molecular formula is C20H26N2O2S. The van der Waals surface area contributed by atoms with Crippen LogP contribution in [-0.2, 0) is 12.8 Å². The molecule has 25 heavy (non-hydrogen) atoms. The number of fused-ring (bicyclic) bond motifs is 1. The molecule has 1 aliphatic rings. The molecule has 1 aromatic heterocycles. The van der Waals surface area contributed by atoms with Crippen LogP contribution in [0.3, 0.4) is 0 Å². The number of thiazole rings is 1. The molecule has 2 N–H and O–H groups in total. The number of amides is 1. The number of benzene rings is 1. The van der Waals surface area contributed by atoms with Crippen molar-refractivity contribution in [3.63, 3.8) is 0 Å². The number of carbonyl (C=O) groups is 1. The van der Waals surface area contributed by atoms with Gasteiger partial charge in [0, 0.05) is 10.4 Å². The maximum absolute atomic E-state index is 12.7. The lowest BCUT2D eigenvalue weighted by Gasteiger charge is -2.22. The van der Waals surface area contributed by atoms with Crippen molar-refractivity contribution in [1.82, 2.24) is 10.3 Å². The summed E-state index contributed by atoms with van der Waals surface area (Å²) in [6.45, 7) is 5.63. The van der Waals surface area contributed by atoms with Crippen LogP contribution in [0.15, 0.2) is 24.3 Å². The molecule has 1 aromatic carbocycles. The van der Waals surface area contributed by atoms with Crippen LogP contribution in [-0.4, -0.2) is 21.6 Å². The first-order valence-electron chi connectivity index (χ1n) is 8.90. The van der Waals surface area contributed by atoms with E-state index in [0.29, 0.717) is 12.0 Å². The van der Waals surface area contributed by atoms with Crippen molar-refractivity contribution in [2.24, 2.45) is 0 Å². The smallest absolute Gasteiger partial charge is 0.251 e. The number of carbonyl (C=O) groups excluding carboxylic acids is 1. The van der Waals surface area contributed by atoms with Gasteiger partial charge in [0.25, 0.3) is 5.91 Å². The summed E-state index contributed by atoms with van der Waals surface area (Å²) in [5.74, 6) is -0.0476. The van der Waals surface area contributed by atoms with Crippen molar-refractivity contribution >= 4 is 17.2 Å². The fraction of sp³-hybridized carbons (Fsp3) is 0.500. The Labute approximate surface area is 153 Å². The van der Waals surface area contributed by atoms with Crippen LogP contribution in [0.4, 0.5) is 0 Å². The van der Waals surface area contributed by atoms with Crippen LogP contribution in [0.25, 0.3) is 0 Å². The highest BCUT2D eigenvalue weighted by Gasteiger charge is 2.25. The van der Waals surface area contributed by atoms with Gasteiger partial charge in [0.1, 0.15) is 0 Å². The average Bonchev–Trinajstić information content (AvgIpc) is 2.94. The van der Waals surface area contributed by atoms with Crippen molar-refractivity contribution in [3.8, 4) is 0 Å². The van der Waals surface area contributed by atoms with Gasteiger partial charge in [-0.2, -0.15) is 0 Å². The van der Waals surface area contributed by atoms with Crippen LogP contribution in [0.5, 0.6) is 0 Å². The first kappa shape index (κ1) is 18.1. The third-order valence-electron chi connectivity index (χ3n) is 4.58. The Kier molecular flexibility index (Phi) is 5.25. The van der Waals surface area contributed by atoms with Gasteiger partial charge in [0.15, 0.2) is 0 Å². The van der Waals surface area contributed by atoms with Crippen LogP contribution in [0.2, 0.25) is 0 Å². The molecule has 0 fully saturated rings. The van der Waals surface area contributed by atoms with Crippen LogP contribution in [0, 0.1) is 6.92 Å². The average molecular weight is 359 g/mol. The molecule has 1 unspecified atom stereocenters. The number of nitrogens with zero attached hydrogens (tertiary/aromatic N) is 1. The van der Waals surface area contributed by atoms with Crippen molar-refractivity contribution in [2.75, 3.05) is 0 Å². The zero-order valence-corrected chi connectivity index (χ0v) is 15.9. The Balaban J connectivity index is 1.70. The predicted molar refractivity (Wildman–Crippen MR) is 101 cm³/mol. The minimum Gasteiger partial charge on any atom is -0.390 e. The van der Waals surface area contributed by atoms with E-state index in [1.807, 2.05) is 31.2 Å². The van der Waals surface area contributed by atoms with Gasteiger partial charge < -0.3 is 10.4 Å². The number of hydrogen-bond donors (Lipinski definition) is 2. The minimum absolute atomic E-state index is 0.0150. The third-order valence-corrected chi connectivity index (χ3v) is 5.63. The van der Waals surface area contributed by atoms with Crippen LogP contribution in [0.1, 0.15) is 70.7 Å².